The maximum absolute atomic E-state index is 6.15. The second-order valence-corrected chi connectivity index (χ2v) is 8.36. The lowest BCUT2D eigenvalue weighted by Gasteiger charge is -2.43. The van der Waals surface area contributed by atoms with E-state index in [-0.39, 0.29) is 5.60 Å². The molecule has 1 N–H and O–H groups in total. The minimum absolute atomic E-state index is 0.236. The Labute approximate surface area is 116 Å². The Morgan fingerprint density at radius 2 is 1.94 bits per heavy atom. The normalized spacial score (nSPS) is 37.7. The van der Waals surface area contributed by atoms with Crippen LogP contribution in [-0.4, -0.2) is 36.3 Å². The summed E-state index contributed by atoms with van der Waals surface area (Å²) in [7, 11) is 0. The highest BCUT2D eigenvalue weighted by molar-refractivity contribution is 7.99. The average molecular weight is 269 g/mol. The Hall–Kier alpha value is 0.270. The van der Waals surface area contributed by atoms with Crippen LogP contribution in [0.4, 0.5) is 0 Å². The standard InChI is InChI=1S/C15H27NOS/c1-14(2)9-12(14)11-16-13-3-6-17-15(10-13)4-7-18-8-5-15/h12-13,16H,3-11H2,1-2H3. The highest BCUT2D eigenvalue weighted by Gasteiger charge is 2.45. The van der Waals surface area contributed by atoms with Crippen LogP contribution >= 0.6 is 11.8 Å². The van der Waals surface area contributed by atoms with Crippen molar-refractivity contribution in [1.29, 1.82) is 0 Å². The van der Waals surface area contributed by atoms with E-state index in [1.807, 2.05) is 0 Å². The molecule has 3 rings (SSSR count). The van der Waals surface area contributed by atoms with Crippen LogP contribution in [0.3, 0.4) is 0 Å². The van der Waals surface area contributed by atoms with Crippen molar-refractivity contribution in [3.63, 3.8) is 0 Å². The van der Waals surface area contributed by atoms with Gasteiger partial charge in [-0.25, -0.2) is 0 Å². The zero-order valence-corrected chi connectivity index (χ0v) is 12.7. The van der Waals surface area contributed by atoms with E-state index in [9.17, 15) is 0 Å². The molecular weight excluding hydrogens is 242 g/mol. The van der Waals surface area contributed by atoms with E-state index in [0.717, 1.165) is 12.5 Å². The second-order valence-electron chi connectivity index (χ2n) is 7.13. The molecule has 0 aromatic carbocycles. The topological polar surface area (TPSA) is 21.3 Å². The monoisotopic (exact) mass is 269 g/mol. The van der Waals surface area contributed by atoms with Crippen molar-refractivity contribution in [3.8, 4) is 0 Å². The summed E-state index contributed by atoms with van der Waals surface area (Å²) in [6, 6.07) is 0.707. The molecule has 3 heteroatoms. The van der Waals surface area contributed by atoms with Crippen molar-refractivity contribution in [2.24, 2.45) is 11.3 Å². The van der Waals surface area contributed by atoms with Gasteiger partial charge in [0.1, 0.15) is 0 Å². The molecule has 1 saturated carbocycles. The van der Waals surface area contributed by atoms with Crippen LogP contribution in [0.1, 0.15) is 46.0 Å². The fourth-order valence-corrected chi connectivity index (χ4v) is 4.76. The maximum atomic E-state index is 6.15. The van der Waals surface area contributed by atoms with Gasteiger partial charge in [-0.2, -0.15) is 11.8 Å². The molecule has 18 heavy (non-hydrogen) atoms. The van der Waals surface area contributed by atoms with E-state index in [0.29, 0.717) is 11.5 Å². The summed E-state index contributed by atoms with van der Waals surface area (Å²) in [5.74, 6) is 3.50. The molecule has 2 saturated heterocycles. The Morgan fingerprint density at radius 1 is 1.22 bits per heavy atom. The third kappa shape index (κ3) is 2.88. The Bertz CT molecular complexity index is 293. The van der Waals surface area contributed by atoms with Gasteiger partial charge >= 0.3 is 0 Å². The smallest absolute Gasteiger partial charge is 0.0713 e. The Kier molecular flexibility index (Phi) is 3.68. The molecule has 1 spiro atoms. The van der Waals surface area contributed by atoms with Crippen LogP contribution in [0, 0.1) is 11.3 Å². The van der Waals surface area contributed by atoms with Crippen LogP contribution < -0.4 is 5.32 Å². The number of nitrogens with one attached hydrogen (secondary N) is 1. The quantitative estimate of drug-likeness (QED) is 0.851. The lowest BCUT2D eigenvalue weighted by Crippen LogP contribution is -2.49. The maximum Gasteiger partial charge on any atom is 0.0713 e. The van der Waals surface area contributed by atoms with E-state index < -0.39 is 0 Å². The van der Waals surface area contributed by atoms with E-state index in [1.54, 1.807) is 0 Å². The number of thioether (sulfide) groups is 1. The van der Waals surface area contributed by atoms with Gasteiger partial charge in [-0.3, -0.25) is 0 Å². The second kappa shape index (κ2) is 4.99. The first-order valence-corrected chi connectivity index (χ1v) is 8.70. The molecule has 2 nitrogen and oxygen atoms in total. The van der Waals surface area contributed by atoms with E-state index in [1.165, 1.54) is 50.2 Å². The van der Waals surface area contributed by atoms with Crippen LogP contribution in [-0.2, 0) is 4.74 Å². The van der Waals surface area contributed by atoms with Crippen molar-refractivity contribution in [2.75, 3.05) is 24.7 Å². The Morgan fingerprint density at radius 3 is 2.61 bits per heavy atom. The first-order chi connectivity index (χ1) is 8.60. The van der Waals surface area contributed by atoms with E-state index >= 15 is 0 Å². The molecule has 2 unspecified atom stereocenters. The first-order valence-electron chi connectivity index (χ1n) is 7.55. The highest BCUT2D eigenvalue weighted by Crippen LogP contribution is 2.51. The van der Waals surface area contributed by atoms with Crippen molar-refractivity contribution >= 4 is 11.8 Å². The van der Waals surface area contributed by atoms with Crippen molar-refractivity contribution < 1.29 is 4.74 Å². The summed E-state index contributed by atoms with van der Waals surface area (Å²) >= 11 is 2.09. The number of hydrogen-bond acceptors (Lipinski definition) is 3. The van der Waals surface area contributed by atoms with Crippen LogP contribution in [0.2, 0.25) is 0 Å². The fourth-order valence-electron chi connectivity index (χ4n) is 3.53. The first kappa shape index (κ1) is 13.3. The summed E-state index contributed by atoms with van der Waals surface area (Å²) in [6.07, 6.45) is 6.41. The van der Waals surface area contributed by atoms with Gasteiger partial charge in [0.05, 0.1) is 5.60 Å². The van der Waals surface area contributed by atoms with Gasteiger partial charge in [0.15, 0.2) is 0 Å². The van der Waals surface area contributed by atoms with Gasteiger partial charge in [-0.05, 0) is 61.5 Å². The van der Waals surface area contributed by atoms with Crippen LogP contribution in [0.25, 0.3) is 0 Å². The molecule has 0 aromatic heterocycles. The zero-order valence-electron chi connectivity index (χ0n) is 11.8. The largest absolute Gasteiger partial charge is 0.375 e. The van der Waals surface area contributed by atoms with Gasteiger partial charge < -0.3 is 10.1 Å². The molecule has 2 aliphatic heterocycles. The number of hydrogen-bond donors (Lipinski definition) is 1. The Balaban J connectivity index is 1.48. The lowest BCUT2D eigenvalue weighted by molar-refractivity contribution is -0.0932. The summed E-state index contributed by atoms with van der Waals surface area (Å²) < 4.78 is 6.15. The lowest BCUT2D eigenvalue weighted by atomic mass is 9.85. The van der Waals surface area contributed by atoms with Gasteiger partial charge in [0.25, 0.3) is 0 Å². The van der Waals surface area contributed by atoms with Crippen LogP contribution in [0.15, 0.2) is 0 Å². The highest BCUT2D eigenvalue weighted by atomic mass is 32.2. The SMILES string of the molecule is CC1(C)CC1CNC1CCOC2(CCSCC2)C1. The van der Waals surface area contributed by atoms with Gasteiger partial charge in [-0.1, -0.05) is 13.8 Å². The van der Waals surface area contributed by atoms with E-state index in [4.69, 9.17) is 4.74 Å². The van der Waals surface area contributed by atoms with Gasteiger partial charge in [-0.15, -0.1) is 0 Å². The van der Waals surface area contributed by atoms with Gasteiger partial charge in [0, 0.05) is 12.6 Å². The molecule has 0 bridgehead atoms. The molecular formula is C15H27NOS. The minimum Gasteiger partial charge on any atom is -0.375 e. The van der Waals surface area contributed by atoms with Crippen molar-refractivity contribution in [2.45, 2.75) is 57.6 Å². The average Bonchev–Trinajstić information content (AvgIpc) is 2.96. The molecule has 2 atom stereocenters. The number of ether oxygens (including phenoxy) is 1. The van der Waals surface area contributed by atoms with Crippen molar-refractivity contribution in [3.05, 3.63) is 0 Å². The summed E-state index contributed by atoms with van der Waals surface area (Å²) in [4.78, 5) is 0. The predicted molar refractivity (Wildman–Crippen MR) is 78.2 cm³/mol. The summed E-state index contributed by atoms with van der Waals surface area (Å²) in [5.41, 5.74) is 0.845. The molecule has 1 aliphatic carbocycles. The summed E-state index contributed by atoms with van der Waals surface area (Å²) in [6.45, 7) is 6.98. The zero-order chi connectivity index (χ0) is 12.6. The third-order valence-electron chi connectivity index (χ3n) is 5.27. The molecule has 0 amide bonds. The van der Waals surface area contributed by atoms with E-state index in [2.05, 4.69) is 30.9 Å². The molecule has 0 aromatic rings. The summed E-state index contributed by atoms with van der Waals surface area (Å²) in [5, 5.41) is 3.82. The van der Waals surface area contributed by atoms with Crippen molar-refractivity contribution in [1.82, 2.24) is 5.32 Å². The minimum atomic E-state index is 0.236. The molecule has 2 heterocycles. The molecule has 3 fully saturated rings. The predicted octanol–water partition coefficient (Wildman–Crippen LogP) is 3.07. The fraction of sp³-hybridized carbons (Fsp3) is 1.00. The molecule has 104 valence electrons. The van der Waals surface area contributed by atoms with Crippen LogP contribution in [0.5, 0.6) is 0 Å². The third-order valence-corrected chi connectivity index (χ3v) is 6.25. The molecule has 0 radical (unpaired) electrons. The number of rotatable bonds is 3. The van der Waals surface area contributed by atoms with Gasteiger partial charge in [0.2, 0.25) is 0 Å². The molecule has 3 aliphatic rings.